The van der Waals surface area contributed by atoms with E-state index in [0.29, 0.717) is 17.2 Å². The maximum Gasteiger partial charge on any atom is 0.261 e. The van der Waals surface area contributed by atoms with Crippen LogP contribution in [0.2, 0.25) is 5.02 Å². The minimum atomic E-state index is -0.658. The molecule has 1 N–H and O–H groups in total. The number of carbonyl (C=O) groups excluding carboxylic acids is 1. The van der Waals surface area contributed by atoms with E-state index in [1.54, 1.807) is 19.1 Å². The first-order valence-electron chi connectivity index (χ1n) is 8.76. The average molecular weight is 374 g/mol. The monoisotopic (exact) mass is 373 g/mol. The summed E-state index contributed by atoms with van der Waals surface area (Å²) >= 11 is 6.11. The van der Waals surface area contributed by atoms with Crippen LogP contribution in [0.15, 0.2) is 42.5 Å². The van der Waals surface area contributed by atoms with Crippen LogP contribution in [0.4, 0.5) is 0 Å². The van der Waals surface area contributed by atoms with E-state index in [4.69, 9.17) is 21.1 Å². The molecule has 0 fully saturated rings. The predicted octanol–water partition coefficient (Wildman–Crippen LogP) is 4.83. The van der Waals surface area contributed by atoms with Gasteiger partial charge in [0.2, 0.25) is 0 Å². The van der Waals surface area contributed by atoms with E-state index in [-0.39, 0.29) is 17.6 Å². The molecular formula is C21H24ClNO3. The Hall–Kier alpha value is -2.20. The van der Waals surface area contributed by atoms with Gasteiger partial charge < -0.3 is 14.8 Å². The van der Waals surface area contributed by atoms with Crippen LogP contribution in [0.3, 0.4) is 0 Å². The van der Waals surface area contributed by atoms with Crippen LogP contribution in [-0.4, -0.2) is 17.6 Å². The summed E-state index contributed by atoms with van der Waals surface area (Å²) in [6.45, 7) is 7.81. The highest BCUT2D eigenvalue weighted by atomic mass is 35.5. The molecule has 2 aromatic carbocycles. The normalized spacial score (nSPS) is 19.0. The summed E-state index contributed by atoms with van der Waals surface area (Å²) in [7, 11) is 0. The molecule has 1 heterocycles. The van der Waals surface area contributed by atoms with Gasteiger partial charge in [-0.1, -0.05) is 35.9 Å². The molecule has 138 valence electrons. The smallest absolute Gasteiger partial charge is 0.261 e. The second kappa shape index (κ2) is 7.20. The van der Waals surface area contributed by atoms with Crippen LogP contribution >= 0.6 is 11.6 Å². The summed E-state index contributed by atoms with van der Waals surface area (Å²) in [5.41, 5.74) is 1.76. The van der Waals surface area contributed by atoms with Crippen LogP contribution in [0.5, 0.6) is 11.5 Å². The zero-order valence-corrected chi connectivity index (χ0v) is 16.3. The molecule has 2 atom stereocenters. The summed E-state index contributed by atoms with van der Waals surface area (Å²) < 4.78 is 11.8. The second-order valence-electron chi connectivity index (χ2n) is 7.36. The Morgan fingerprint density at radius 3 is 2.77 bits per heavy atom. The molecule has 1 aliphatic rings. The summed E-state index contributed by atoms with van der Waals surface area (Å²) in [6.07, 6.45) is 0.0305. The van der Waals surface area contributed by atoms with E-state index < -0.39 is 6.10 Å². The van der Waals surface area contributed by atoms with Crippen molar-refractivity contribution in [2.45, 2.75) is 51.9 Å². The third-order valence-corrected chi connectivity index (χ3v) is 4.76. The van der Waals surface area contributed by atoms with Crippen LogP contribution in [0, 0.1) is 6.92 Å². The fourth-order valence-electron chi connectivity index (χ4n) is 3.16. The summed E-state index contributed by atoms with van der Waals surface area (Å²) in [6, 6.07) is 13.1. The van der Waals surface area contributed by atoms with Crippen molar-refractivity contribution in [2.75, 3.05) is 0 Å². The van der Waals surface area contributed by atoms with Crippen LogP contribution in [0.1, 0.15) is 44.4 Å². The predicted molar refractivity (Wildman–Crippen MR) is 103 cm³/mol. The highest BCUT2D eigenvalue weighted by Gasteiger charge is 2.35. The van der Waals surface area contributed by atoms with Gasteiger partial charge in [-0.2, -0.15) is 0 Å². The molecule has 5 heteroatoms. The van der Waals surface area contributed by atoms with Gasteiger partial charge in [-0.3, -0.25) is 4.79 Å². The molecule has 2 aromatic rings. The molecule has 0 unspecified atom stereocenters. The number of hydrogen-bond acceptors (Lipinski definition) is 3. The molecule has 1 amide bonds. The summed E-state index contributed by atoms with van der Waals surface area (Å²) in [5.74, 6) is 1.14. The van der Waals surface area contributed by atoms with E-state index in [1.165, 1.54) is 0 Å². The molecule has 1 aliphatic heterocycles. The molecule has 26 heavy (non-hydrogen) atoms. The standard InChI is InChI=1S/C21H24ClNO3/c1-13-9-10-15-17(12-21(3,4)26-19(15)11-13)23-20(24)14(2)25-18-8-6-5-7-16(18)22/h5-11,14,17H,12H2,1-4H3,(H,23,24)/t14-,17+/m0/s1. The molecule has 3 rings (SSSR count). The average Bonchev–Trinajstić information content (AvgIpc) is 2.55. The molecule has 0 bridgehead atoms. The van der Waals surface area contributed by atoms with E-state index in [9.17, 15) is 4.79 Å². The second-order valence-corrected chi connectivity index (χ2v) is 7.77. The zero-order valence-electron chi connectivity index (χ0n) is 15.5. The van der Waals surface area contributed by atoms with Gasteiger partial charge in [0.15, 0.2) is 6.10 Å². The highest BCUT2D eigenvalue weighted by Crippen LogP contribution is 2.40. The number of fused-ring (bicyclic) bond motifs is 1. The van der Waals surface area contributed by atoms with Gasteiger partial charge in [0.25, 0.3) is 5.91 Å². The number of benzene rings is 2. The van der Waals surface area contributed by atoms with Crippen molar-refractivity contribution in [3.05, 3.63) is 58.6 Å². The molecular weight excluding hydrogens is 350 g/mol. The topological polar surface area (TPSA) is 47.6 Å². The number of rotatable bonds is 4. The molecule has 0 saturated heterocycles. The number of carbonyl (C=O) groups is 1. The lowest BCUT2D eigenvalue weighted by atomic mass is 9.89. The lowest BCUT2D eigenvalue weighted by Gasteiger charge is -2.38. The highest BCUT2D eigenvalue weighted by molar-refractivity contribution is 6.32. The zero-order chi connectivity index (χ0) is 18.9. The van der Waals surface area contributed by atoms with E-state index >= 15 is 0 Å². The Morgan fingerprint density at radius 1 is 1.31 bits per heavy atom. The maximum absolute atomic E-state index is 12.7. The largest absolute Gasteiger partial charge is 0.487 e. The summed E-state index contributed by atoms with van der Waals surface area (Å²) in [5, 5.41) is 3.59. The number of para-hydroxylation sites is 1. The van der Waals surface area contributed by atoms with Gasteiger partial charge in [-0.25, -0.2) is 0 Å². The first-order chi connectivity index (χ1) is 12.2. The molecule has 0 aliphatic carbocycles. The van der Waals surface area contributed by atoms with E-state index in [2.05, 4.69) is 5.32 Å². The fourth-order valence-corrected chi connectivity index (χ4v) is 3.34. The Bertz CT molecular complexity index is 819. The maximum atomic E-state index is 12.7. The van der Waals surface area contributed by atoms with Gasteiger partial charge in [0, 0.05) is 12.0 Å². The number of amides is 1. The minimum Gasteiger partial charge on any atom is -0.487 e. The van der Waals surface area contributed by atoms with Gasteiger partial charge >= 0.3 is 0 Å². The van der Waals surface area contributed by atoms with Gasteiger partial charge in [-0.15, -0.1) is 0 Å². The van der Waals surface area contributed by atoms with Gasteiger partial charge in [0.05, 0.1) is 11.1 Å². The summed E-state index contributed by atoms with van der Waals surface area (Å²) in [4.78, 5) is 12.7. The van der Waals surface area contributed by atoms with Crippen molar-refractivity contribution in [2.24, 2.45) is 0 Å². The minimum absolute atomic E-state index is 0.126. The Morgan fingerprint density at radius 2 is 2.04 bits per heavy atom. The van der Waals surface area contributed by atoms with Crippen molar-refractivity contribution in [1.82, 2.24) is 5.32 Å². The van der Waals surface area contributed by atoms with Crippen molar-refractivity contribution >= 4 is 17.5 Å². The van der Waals surface area contributed by atoms with Crippen LogP contribution in [0.25, 0.3) is 0 Å². The first-order valence-corrected chi connectivity index (χ1v) is 9.14. The Labute approximate surface area is 159 Å². The van der Waals surface area contributed by atoms with Crippen molar-refractivity contribution < 1.29 is 14.3 Å². The molecule has 0 aromatic heterocycles. The number of hydrogen-bond donors (Lipinski definition) is 1. The lowest BCUT2D eigenvalue weighted by molar-refractivity contribution is -0.128. The fraction of sp³-hybridized carbons (Fsp3) is 0.381. The molecule has 4 nitrogen and oxygen atoms in total. The first kappa shape index (κ1) is 18.6. The van der Waals surface area contributed by atoms with Gasteiger partial charge in [0.1, 0.15) is 17.1 Å². The molecule has 0 radical (unpaired) electrons. The van der Waals surface area contributed by atoms with Crippen molar-refractivity contribution in [3.8, 4) is 11.5 Å². The molecule has 0 spiro atoms. The Balaban J connectivity index is 1.75. The van der Waals surface area contributed by atoms with E-state index in [0.717, 1.165) is 16.9 Å². The Kier molecular flexibility index (Phi) is 5.15. The van der Waals surface area contributed by atoms with Crippen LogP contribution in [-0.2, 0) is 4.79 Å². The number of aryl methyl sites for hydroxylation is 1. The molecule has 0 saturated carbocycles. The SMILES string of the molecule is Cc1ccc2c(c1)OC(C)(C)C[C@H]2NC(=O)[C@H](C)Oc1ccccc1Cl. The van der Waals surface area contributed by atoms with Crippen molar-refractivity contribution in [1.29, 1.82) is 0 Å². The van der Waals surface area contributed by atoms with Crippen molar-refractivity contribution in [3.63, 3.8) is 0 Å². The third-order valence-electron chi connectivity index (χ3n) is 4.45. The third kappa shape index (κ3) is 4.13. The number of halogens is 1. The van der Waals surface area contributed by atoms with E-state index in [1.807, 2.05) is 51.1 Å². The number of ether oxygens (including phenoxy) is 2. The quantitative estimate of drug-likeness (QED) is 0.834. The van der Waals surface area contributed by atoms with Gasteiger partial charge in [-0.05, 0) is 51.5 Å². The van der Waals surface area contributed by atoms with Crippen LogP contribution < -0.4 is 14.8 Å². The lowest BCUT2D eigenvalue weighted by Crippen LogP contribution is -2.44. The number of nitrogens with one attached hydrogen (secondary N) is 1.